The third-order valence-corrected chi connectivity index (χ3v) is 4.37. The normalized spacial score (nSPS) is 10.4. The average Bonchev–Trinajstić information content (AvgIpc) is 2.36. The third kappa shape index (κ3) is 4.81. The van der Waals surface area contributed by atoms with Crippen LogP contribution in [-0.4, -0.2) is 29.2 Å². The molecule has 0 atom stereocenters. The standard InChI is InChI=1S/C13H16Br2INO/c1-2-3-7-17(8-6-14)13(18)11-9-10(15)4-5-12(11)16/h4-5,9H,2-3,6-8H2,1H3. The van der Waals surface area contributed by atoms with Crippen LogP contribution in [0.2, 0.25) is 0 Å². The highest BCUT2D eigenvalue weighted by Crippen LogP contribution is 2.20. The number of unbranched alkanes of at least 4 members (excludes halogenated alkanes) is 1. The Labute approximate surface area is 139 Å². The van der Waals surface area contributed by atoms with E-state index in [1.165, 1.54) is 0 Å². The predicted molar refractivity (Wildman–Crippen MR) is 91.5 cm³/mol. The molecular formula is C13H16Br2INO. The van der Waals surface area contributed by atoms with E-state index in [4.69, 9.17) is 0 Å². The van der Waals surface area contributed by atoms with E-state index >= 15 is 0 Å². The van der Waals surface area contributed by atoms with Gasteiger partial charge in [-0.2, -0.15) is 0 Å². The second-order valence-electron chi connectivity index (χ2n) is 3.96. The lowest BCUT2D eigenvalue weighted by Crippen LogP contribution is -2.34. The molecule has 2 nitrogen and oxygen atoms in total. The Bertz CT molecular complexity index is 412. The Morgan fingerprint density at radius 3 is 2.72 bits per heavy atom. The van der Waals surface area contributed by atoms with Gasteiger partial charge in [-0.3, -0.25) is 4.79 Å². The minimum absolute atomic E-state index is 0.119. The summed E-state index contributed by atoms with van der Waals surface area (Å²) < 4.78 is 1.94. The molecule has 0 aliphatic rings. The second-order valence-corrected chi connectivity index (χ2v) is 6.83. The SMILES string of the molecule is CCCCN(CCBr)C(=O)c1cc(Br)ccc1I. The predicted octanol–water partition coefficient (Wildman–Crippen LogP) is 4.69. The van der Waals surface area contributed by atoms with Crippen LogP contribution in [0.5, 0.6) is 0 Å². The lowest BCUT2D eigenvalue weighted by molar-refractivity contribution is 0.0763. The van der Waals surface area contributed by atoms with Gasteiger partial charge in [-0.05, 0) is 47.2 Å². The van der Waals surface area contributed by atoms with Crippen molar-refractivity contribution in [2.24, 2.45) is 0 Å². The molecule has 1 aromatic carbocycles. The molecule has 1 rings (SSSR count). The molecule has 0 unspecified atom stereocenters. The van der Waals surface area contributed by atoms with Crippen molar-refractivity contribution in [1.82, 2.24) is 4.90 Å². The van der Waals surface area contributed by atoms with Gasteiger partial charge >= 0.3 is 0 Å². The van der Waals surface area contributed by atoms with Crippen molar-refractivity contribution in [3.63, 3.8) is 0 Å². The molecule has 0 aliphatic carbocycles. The fourth-order valence-electron chi connectivity index (χ4n) is 1.60. The molecule has 0 spiro atoms. The molecule has 0 N–H and O–H groups in total. The van der Waals surface area contributed by atoms with Crippen LogP contribution < -0.4 is 0 Å². The number of benzene rings is 1. The fourth-order valence-corrected chi connectivity index (χ4v) is 2.95. The number of carbonyl (C=O) groups is 1. The monoisotopic (exact) mass is 487 g/mol. The maximum atomic E-state index is 12.5. The first-order chi connectivity index (χ1) is 8.60. The molecule has 0 fully saturated rings. The molecule has 1 amide bonds. The number of amides is 1. The molecule has 100 valence electrons. The number of nitrogens with zero attached hydrogens (tertiary/aromatic N) is 1. The molecule has 5 heteroatoms. The first kappa shape index (κ1) is 16.4. The quantitative estimate of drug-likeness (QED) is 0.420. The van der Waals surface area contributed by atoms with E-state index in [1.807, 2.05) is 23.1 Å². The lowest BCUT2D eigenvalue weighted by atomic mass is 10.2. The summed E-state index contributed by atoms with van der Waals surface area (Å²) in [6.45, 7) is 3.71. The summed E-state index contributed by atoms with van der Waals surface area (Å²) in [4.78, 5) is 14.4. The largest absolute Gasteiger partial charge is 0.338 e. The molecule has 0 bridgehead atoms. The van der Waals surface area contributed by atoms with Crippen molar-refractivity contribution in [3.8, 4) is 0 Å². The second kappa shape index (κ2) is 8.53. The van der Waals surface area contributed by atoms with Gasteiger partial charge in [0.25, 0.3) is 5.91 Å². The fraction of sp³-hybridized carbons (Fsp3) is 0.462. The Morgan fingerprint density at radius 2 is 2.11 bits per heavy atom. The minimum Gasteiger partial charge on any atom is -0.338 e. The van der Waals surface area contributed by atoms with E-state index < -0.39 is 0 Å². The molecule has 18 heavy (non-hydrogen) atoms. The van der Waals surface area contributed by atoms with Crippen molar-refractivity contribution in [2.45, 2.75) is 19.8 Å². The van der Waals surface area contributed by atoms with Crippen LogP contribution in [0, 0.1) is 3.57 Å². The maximum absolute atomic E-state index is 12.5. The summed E-state index contributed by atoms with van der Waals surface area (Å²) in [5.41, 5.74) is 0.780. The molecule has 0 radical (unpaired) electrons. The van der Waals surface area contributed by atoms with E-state index in [-0.39, 0.29) is 5.91 Å². The van der Waals surface area contributed by atoms with E-state index in [2.05, 4.69) is 61.4 Å². The van der Waals surface area contributed by atoms with Crippen LogP contribution in [0.15, 0.2) is 22.7 Å². The summed E-state index contributed by atoms with van der Waals surface area (Å²) >= 11 is 9.04. The Morgan fingerprint density at radius 1 is 1.39 bits per heavy atom. The first-order valence-corrected chi connectivity index (χ1v) is 8.89. The first-order valence-electron chi connectivity index (χ1n) is 5.90. The van der Waals surface area contributed by atoms with Gasteiger partial charge in [0.15, 0.2) is 0 Å². The van der Waals surface area contributed by atoms with Crippen LogP contribution in [0.25, 0.3) is 0 Å². The number of hydrogen-bond acceptors (Lipinski definition) is 1. The van der Waals surface area contributed by atoms with Gasteiger partial charge in [0.2, 0.25) is 0 Å². The molecule has 0 heterocycles. The Kier molecular flexibility index (Phi) is 7.79. The summed E-state index contributed by atoms with van der Waals surface area (Å²) in [6.07, 6.45) is 2.14. The van der Waals surface area contributed by atoms with Gasteiger partial charge in [0, 0.05) is 26.5 Å². The highest BCUT2D eigenvalue weighted by atomic mass is 127. The zero-order valence-corrected chi connectivity index (χ0v) is 15.6. The third-order valence-electron chi connectivity index (χ3n) is 2.58. The van der Waals surface area contributed by atoms with Gasteiger partial charge in [-0.15, -0.1) is 0 Å². The van der Waals surface area contributed by atoms with Crippen LogP contribution in [0.1, 0.15) is 30.1 Å². The molecule has 1 aromatic rings. The van der Waals surface area contributed by atoms with E-state index in [0.717, 1.165) is 44.9 Å². The van der Waals surface area contributed by atoms with Crippen molar-refractivity contribution < 1.29 is 4.79 Å². The van der Waals surface area contributed by atoms with Crippen LogP contribution in [-0.2, 0) is 0 Å². The van der Waals surface area contributed by atoms with Gasteiger partial charge in [-0.25, -0.2) is 0 Å². The molecule has 0 aliphatic heterocycles. The van der Waals surface area contributed by atoms with Crippen molar-refractivity contribution in [3.05, 3.63) is 31.8 Å². The van der Waals surface area contributed by atoms with Gasteiger partial charge in [0.05, 0.1) is 5.56 Å². The van der Waals surface area contributed by atoms with E-state index in [0.29, 0.717) is 0 Å². The summed E-state index contributed by atoms with van der Waals surface area (Å²) in [5.74, 6) is 0.119. The van der Waals surface area contributed by atoms with E-state index in [9.17, 15) is 4.79 Å². The number of hydrogen-bond donors (Lipinski definition) is 0. The maximum Gasteiger partial charge on any atom is 0.254 e. The van der Waals surface area contributed by atoms with Crippen molar-refractivity contribution in [1.29, 1.82) is 0 Å². The van der Waals surface area contributed by atoms with Gasteiger partial charge < -0.3 is 4.90 Å². The van der Waals surface area contributed by atoms with Gasteiger partial charge in [-0.1, -0.05) is 45.2 Å². The Hall–Kier alpha value is 0.380. The van der Waals surface area contributed by atoms with Gasteiger partial charge in [0.1, 0.15) is 0 Å². The molecular weight excluding hydrogens is 473 g/mol. The van der Waals surface area contributed by atoms with Crippen LogP contribution in [0.3, 0.4) is 0 Å². The smallest absolute Gasteiger partial charge is 0.254 e. The summed E-state index contributed by atoms with van der Waals surface area (Å²) in [5, 5.41) is 0.813. The van der Waals surface area contributed by atoms with Crippen molar-refractivity contribution in [2.75, 3.05) is 18.4 Å². The zero-order chi connectivity index (χ0) is 13.5. The highest BCUT2D eigenvalue weighted by Gasteiger charge is 2.17. The number of halogens is 3. The molecule has 0 saturated carbocycles. The minimum atomic E-state index is 0.119. The topological polar surface area (TPSA) is 20.3 Å². The molecule has 0 saturated heterocycles. The Balaban J connectivity index is 2.90. The number of rotatable bonds is 6. The lowest BCUT2D eigenvalue weighted by Gasteiger charge is -2.22. The van der Waals surface area contributed by atoms with E-state index in [1.54, 1.807) is 0 Å². The highest BCUT2D eigenvalue weighted by molar-refractivity contribution is 14.1. The zero-order valence-electron chi connectivity index (χ0n) is 10.3. The average molecular weight is 489 g/mol. The summed E-state index contributed by atoms with van der Waals surface area (Å²) in [6, 6.07) is 5.82. The summed E-state index contributed by atoms with van der Waals surface area (Å²) in [7, 11) is 0. The van der Waals surface area contributed by atoms with Crippen LogP contribution >= 0.6 is 54.5 Å². The van der Waals surface area contributed by atoms with Crippen LogP contribution in [0.4, 0.5) is 0 Å². The van der Waals surface area contributed by atoms with Crippen molar-refractivity contribution >= 4 is 60.4 Å². The number of carbonyl (C=O) groups excluding carboxylic acids is 1. The molecule has 0 aromatic heterocycles. The number of alkyl halides is 1.